The quantitative estimate of drug-likeness (QED) is 0.866. The number of aromatic nitrogens is 1. The highest BCUT2D eigenvalue weighted by Crippen LogP contribution is 2.68. The largest absolute Gasteiger partial charge is 0.369 e. The third kappa shape index (κ3) is 1.69. The topological polar surface area (TPSA) is 24.9 Å². The minimum Gasteiger partial charge on any atom is -0.369 e. The number of rotatable bonds is 3. The van der Waals surface area contributed by atoms with Crippen LogP contribution in [-0.4, -0.2) is 11.5 Å². The number of nitrogens with one attached hydrogen (secondary N) is 1. The zero-order valence-corrected chi connectivity index (χ0v) is 11.1. The van der Waals surface area contributed by atoms with E-state index in [0.717, 1.165) is 12.4 Å². The molecule has 0 aliphatic heterocycles. The first kappa shape index (κ1) is 11.7. The molecule has 1 aromatic rings. The van der Waals surface area contributed by atoms with Crippen molar-refractivity contribution in [3.63, 3.8) is 0 Å². The fourth-order valence-electron chi connectivity index (χ4n) is 2.56. The first-order valence-corrected chi connectivity index (χ1v) is 6.09. The Kier molecular flexibility index (Phi) is 2.66. The number of hydrogen-bond donors (Lipinski definition) is 1. The fraction of sp³-hybridized carbons (Fsp3) is 0.615. The zero-order valence-electron chi connectivity index (χ0n) is 10.3. The molecule has 0 aromatic carbocycles. The van der Waals surface area contributed by atoms with E-state index < -0.39 is 0 Å². The van der Waals surface area contributed by atoms with Crippen LogP contribution in [0.3, 0.4) is 0 Å². The van der Waals surface area contributed by atoms with Crippen molar-refractivity contribution in [2.24, 2.45) is 16.7 Å². The summed E-state index contributed by atoms with van der Waals surface area (Å²) in [5.74, 6) is 1.47. The molecule has 2 rings (SSSR count). The molecule has 1 fully saturated rings. The summed E-state index contributed by atoms with van der Waals surface area (Å²) in [5, 5.41) is 4.04. The van der Waals surface area contributed by atoms with Gasteiger partial charge in [-0.3, -0.25) is 0 Å². The van der Waals surface area contributed by atoms with E-state index in [4.69, 9.17) is 11.6 Å². The molecule has 1 N–H and O–H groups in total. The Balaban J connectivity index is 1.98. The maximum absolute atomic E-state index is 6.05. The molecule has 0 unspecified atom stereocenters. The SMILES string of the molecule is CC1(C)C(CNc2ncccc2Cl)C1(C)C. The van der Waals surface area contributed by atoms with Gasteiger partial charge in [0.25, 0.3) is 0 Å². The monoisotopic (exact) mass is 238 g/mol. The van der Waals surface area contributed by atoms with Gasteiger partial charge in [0.1, 0.15) is 5.82 Å². The molecule has 16 heavy (non-hydrogen) atoms. The Hall–Kier alpha value is -0.760. The average Bonchev–Trinajstić information content (AvgIpc) is 2.58. The molecule has 0 bridgehead atoms. The van der Waals surface area contributed by atoms with Crippen LogP contribution in [0, 0.1) is 16.7 Å². The van der Waals surface area contributed by atoms with Crippen LogP contribution >= 0.6 is 11.6 Å². The Labute approximate surface area is 102 Å². The molecular weight excluding hydrogens is 220 g/mol. The highest BCUT2D eigenvalue weighted by molar-refractivity contribution is 6.32. The fourth-order valence-corrected chi connectivity index (χ4v) is 2.75. The summed E-state index contributed by atoms with van der Waals surface area (Å²) in [6.07, 6.45) is 1.76. The van der Waals surface area contributed by atoms with Crippen molar-refractivity contribution in [1.29, 1.82) is 0 Å². The van der Waals surface area contributed by atoms with Crippen molar-refractivity contribution in [3.8, 4) is 0 Å². The van der Waals surface area contributed by atoms with Gasteiger partial charge < -0.3 is 5.32 Å². The lowest BCUT2D eigenvalue weighted by molar-refractivity contribution is 0.457. The Morgan fingerprint density at radius 3 is 2.44 bits per heavy atom. The lowest BCUT2D eigenvalue weighted by atomic mass is 10.0. The molecule has 1 aromatic heterocycles. The van der Waals surface area contributed by atoms with E-state index in [1.54, 1.807) is 6.20 Å². The van der Waals surface area contributed by atoms with Crippen LogP contribution in [0.25, 0.3) is 0 Å². The average molecular weight is 239 g/mol. The molecule has 3 heteroatoms. The minimum absolute atomic E-state index is 0.404. The molecule has 1 heterocycles. The third-order valence-electron chi connectivity index (χ3n) is 4.55. The van der Waals surface area contributed by atoms with Gasteiger partial charge in [0, 0.05) is 12.7 Å². The van der Waals surface area contributed by atoms with E-state index in [2.05, 4.69) is 38.0 Å². The van der Waals surface area contributed by atoms with Gasteiger partial charge in [0.2, 0.25) is 0 Å². The third-order valence-corrected chi connectivity index (χ3v) is 4.86. The van der Waals surface area contributed by atoms with Gasteiger partial charge in [-0.25, -0.2) is 4.98 Å². The minimum atomic E-state index is 0.404. The number of hydrogen-bond acceptors (Lipinski definition) is 2. The van der Waals surface area contributed by atoms with Crippen molar-refractivity contribution in [1.82, 2.24) is 4.98 Å². The Morgan fingerprint density at radius 1 is 1.31 bits per heavy atom. The summed E-state index contributed by atoms with van der Waals surface area (Å²) in [6.45, 7) is 10.2. The van der Waals surface area contributed by atoms with Crippen LogP contribution in [0.2, 0.25) is 5.02 Å². The highest BCUT2D eigenvalue weighted by Gasteiger charge is 2.64. The van der Waals surface area contributed by atoms with Crippen LogP contribution < -0.4 is 5.32 Å². The maximum atomic E-state index is 6.05. The number of nitrogens with zero attached hydrogens (tertiary/aromatic N) is 1. The number of anilines is 1. The van der Waals surface area contributed by atoms with E-state index in [-0.39, 0.29) is 0 Å². The Morgan fingerprint density at radius 2 is 1.94 bits per heavy atom. The molecule has 0 spiro atoms. The van der Waals surface area contributed by atoms with Crippen molar-refractivity contribution >= 4 is 17.4 Å². The second-order valence-electron chi connectivity index (χ2n) is 5.71. The molecule has 0 saturated heterocycles. The van der Waals surface area contributed by atoms with E-state index in [0.29, 0.717) is 21.8 Å². The summed E-state index contributed by atoms with van der Waals surface area (Å²) in [7, 11) is 0. The second-order valence-corrected chi connectivity index (χ2v) is 6.12. The Bertz CT molecular complexity index is 385. The summed E-state index contributed by atoms with van der Waals surface area (Å²) in [5.41, 5.74) is 0.808. The van der Waals surface area contributed by atoms with E-state index in [9.17, 15) is 0 Å². The smallest absolute Gasteiger partial charge is 0.144 e. The summed E-state index contributed by atoms with van der Waals surface area (Å²) < 4.78 is 0. The van der Waals surface area contributed by atoms with Crippen LogP contribution in [-0.2, 0) is 0 Å². The standard InChI is InChI=1S/C13H19ClN2/c1-12(2)10(13(12,3)4)8-16-11-9(14)6-5-7-15-11/h5-7,10H,8H2,1-4H3,(H,15,16). The van der Waals surface area contributed by atoms with E-state index in [1.165, 1.54) is 0 Å². The van der Waals surface area contributed by atoms with Crippen molar-refractivity contribution in [3.05, 3.63) is 23.4 Å². The van der Waals surface area contributed by atoms with Crippen LogP contribution in [0.15, 0.2) is 18.3 Å². The highest BCUT2D eigenvalue weighted by atomic mass is 35.5. The first-order chi connectivity index (χ1) is 7.37. The lowest BCUT2D eigenvalue weighted by Gasteiger charge is -2.07. The second kappa shape index (κ2) is 3.63. The molecule has 0 radical (unpaired) electrons. The summed E-state index contributed by atoms with van der Waals surface area (Å²) in [6, 6.07) is 3.71. The molecule has 0 amide bonds. The lowest BCUT2D eigenvalue weighted by Crippen LogP contribution is -2.09. The molecule has 1 saturated carbocycles. The number of halogens is 1. The van der Waals surface area contributed by atoms with Gasteiger partial charge in [0.15, 0.2) is 0 Å². The van der Waals surface area contributed by atoms with Gasteiger partial charge in [-0.05, 0) is 28.9 Å². The normalized spacial score (nSPS) is 21.8. The van der Waals surface area contributed by atoms with Gasteiger partial charge in [-0.2, -0.15) is 0 Å². The predicted molar refractivity (Wildman–Crippen MR) is 68.8 cm³/mol. The van der Waals surface area contributed by atoms with Gasteiger partial charge in [0.05, 0.1) is 5.02 Å². The molecule has 1 aliphatic carbocycles. The molecule has 1 aliphatic rings. The molecule has 2 nitrogen and oxygen atoms in total. The zero-order chi connectivity index (χ0) is 12.0. The summed E-state index contributed by atoms with van der Waals surface area (Å²) >= 11 is 6.05. The maximum Gasteiger partial charge on any atom is 0.144 e. The van der Waals surface area contributed by atoms with Crippen molar-refractivity contribution in [2.75, 3.05) is 11.9 Å². The molecule has 88 valence electrons. The van der Waals surface area contributed by atoms with Crippen LogP contribution in [0.5, 0.6) is 0 Å². The summed E-state index contributed by atoms with van der Waals surface area (Å²) in [4.78, 5) is 4.23. The van der Waals surface area contributed by atoms with Crippen LogP contribution in [0.1, 0.15) is 27.7 Å². The van der Waals surface area contributed by atoms with Crippen LogP contribution in [0.4, 0.5) is 5.82 Å². The molecular formula is C13H19ClN2. The van der Waals surface area contributed by atoms with Crippen molar-refractivity contribution < 1.29 is 0 Å². The molecule has 0 atom stereocenters. The van der Waals surface area contributed by atoms with E-state index in [1.807, 2.05) is 12.1 Å². The van der Waals surface area contributed by atoms with E-state index >= 15 is 0 Å². The van der Waals surface area contributed by atoms with Gasteiger partial charge in [-0.1, -0.05) is 39.3 Å². The van der Waals surface area contributed by atoms with Gasteiger partial charge in [-0.15, -0.1) is 0 Å². The van der Waals surface area contributed by atoms with Gasteiger partial charge >= 0.3 is 0 Å². The predicted octanol–water partition coefficient (Wildman–Crippen LogP) is 3.83. The van der Waals surface area contributed by atoms with Crippen molar-refractivity contribution in [2.45, 2.75) is 27.7 Å². The first-order valence-electron chi connectivity index (χ1n) is 5.72. The number of pyridine rings is 1.